The number of rotatable bonds is 3. The number of hydrogen-bond acceptors (Lipinski definition) is 3. The highest BCUT2D eigenvalue weighted by Crippen LogP contribution is 2.29. The highest BCUT2D eigenvalue weighted by Gasteiger charge is 2.01. The van der Waals surface area contributed by atoms with Gasteiger partial charge in [0.25, 0.3) is 0 Å². The number of aromatic hydroxyl groups is 1. The number of phenolic OH excluding ortho intramolecular Hbond substituents is 1. The summed E-state index contributed by atoms with van der Waals surface area (Å²) in [5.41, 5.74) is 3.54. The Labute approximate surface area is 107 Å². The standard InChI is InChI=1S/C15H16N2O/c1-3-12-6-4-5-7-13(12)16-17-14-10-11(2)8-9-15(14)18/h4-10,18H,3H2,1-2H3. The Morgan fingerprint density at radius 3 is 2.50 bits per heavy atom. The second kappa shape index (κ2) is 5.45. The molecule has 0 aromatic heterocycles. The number of azo groups is 1. The van der Waals surface area contributed by atoms with Crippen LogP contribution in [0, 0.1) is 6.92 Å². The molecular weight excluding hydrogens is 224 g/mol. The predicted octanol–water partition coefficient (Wildman–Crippen LogP) is 4.68. The zero-order valence-electron chi connectivity index (χ0n) is 10.6. The van der Waals surface area contributed by atoms with Crippen molar-refractivity contribution in [2.75, 3.05) is 0 Å². The second-order valence-electron chi connectivity index (χ2n) is 4.17. The monoisotopic (exact) mass is 240 g/mol. The first-order valence-electron chi connectivity index (χ1n) is 6.00. The van der Waals surface area contributed by atoms with Crippen molar-refractivity contribution < 1.29 is 5.11 Å². The van der Waals surface area contributed by atoms with Gasteiger partial charge in [-0.15, -0.1) is 5.11 Å². The van der Waals surface area contributed by atoms with Crippen LogP contribution in [0.3, 0.4) is 0 Å². The topological polar surface area (TPSA) is 45.0 Å². The average Bonchev–Trinajstić information content (AvgIpc) is 2.40. The predicted molar refractivity (Wildman–Crippen MR) is 72.8 cm³/mol. The minimum Gasteiger partial charge on any atom is -0.506 e. The largest absolute Gasteiger partial charge is 0.506 e. The summed E-state index contributed by atoms with van der Waals surface area (Å²) in [6.45, 7) is 4.04. The molecule has 0 saturated heterocycles. The first-order valence-corrected chi connectivity index (χ1v) is 6.00. The lowest BCUT2D eigenvalue weighted by Crippen LogP contribution is -1.79. The number of aryl methyl sites for hydroxylation is 2. The Morgan fingerprint density at radius 1 is 1.00 bits per heavy atom. The van der Waals surface area contributed by atoms with E-state index < -0.39 is 0 Å². The van der Waals surface area contributed by atoms with E-state index in [1.54, 1.807) is 6.07 Å². The number of phenols is 1. The Kier molecular flexibility index (Phi) is 3.72. The first-order chi connectivity index (χ1) is 8.70. The minimum atomic E-state index is 0.151. The summed E-state index contributed by atoms with van der Waals surface area (Å²) in [5, 5.41) is 18.0. The molecule has 2 aromatic rings. The Hall–Kier alpha value is -2.16. The number of nitrogens with zero attached hydrogens (tertiary/aromatic N) is 2. The maximum Gasteiger partial charge on any atom is 0.143 e. The fourth-order valence-electron chi connectivity index (χ4n) is 1.73. The summed E-state index contributed by atoms with van der Waals surface area (Å²) in [6, 6.07) is 13.2. The van der Waals surface area contributed by atoms with Crippen LogP contribution in [0.5, 0.6) is 5.75 Å². The van der Waals surface area contributed by atoms with Crippen molar-refractivity contribution in [1.82, 2.24) is 0 Å². The van der Waals surface area contributed by atoms with Crippen LogP contribution in [0.15, 0.2) is 52.7 Å². The van der Waals surface area contributed by atoms with Gasteiger partial charge in [0.2, 0.25) is 0 Å². The molecule has 0 aliphatic heterocycles. The maximum atomic E-state index is 9.69. The van der Waals surface area contributed by atoms with Gasteiger partial charge in [0.15, 0.2) is 0 Å². The van der Waals surface area contributed by atoms with Gasteiger partial charge in [0.05, 0.1) is 5.69 Å². The molecule has 2 aromatic carbocycles. The Morgan fingerprint density at radius 2 is 1.72 bits per heavy atom. The molecule has 0 aliphatic carbocycles. The molecule has 0 heterocycles. The van der Waals surface area contributed by atoms with Crippen molar-refractivity contribution in [2.24, 2.45) is 10.2 Å². The highest BCUT2D eigenvalue weighted by molar-refractivity contribution is 5.53. The zero-order valence-corrected chi connectivity index (χ0v) is 10.6. The van der Waals surface area contributed by atoms with Gasteiger partial charge in [-0.25, -0.2) is 0 Å². The van der Waals surface area contributed by atoms with Gasteiger partial charge in [-0.3, -0.25) is 0 Å². The van der Waals surface area contributed by atoms with Crippen molar-refractivity contribution in [3.63, 3.8) is 0 Å². The van der Waals surface area contributed by atoms with Crippen LogP contribution in [0.25, 0.3) is 0 Å². The molecule has 0 amide bonds. The molecule has 0 atom stereocenters. The van der Waals surface area contributed by atoms with Crippen LogP contribution < -0.4 is 0 Å². The molecule has 1 N–H and O–H groups in total. The Bertz CT molecular complexity index is 576. The van der Waals surface area contributed by atoms with Gasteiger partial charge < -0.3 is 5.11 Å². The first kappa shape index (κ1) is 12.3. The van der Waals surface area contributed by atoms with E-state index >= 15 is 0 Å². The van der Waals surface area contributed by atoms with E-state index in [0.717, 1.165) is 23.2 Å². The van der Waals surface area contributed by atoms with Crippen LogP contribution >= 0.6 is 0 Å². The third-order valence-corrected chi connectivity index (χ3v) is 2.77. The zero-order chi connectivity index (χ0) is 13.0. The second-order valence-corrected chi connectivity index (χ2v) is 4.17. The average molecular weight is 240 g/mol. The molecule has 0 bridgehead atoms. The SMILES string of the molecule is CCc1ccccc1N=Nc1cc(C)ccc1O. The summed E-state index contributed by atoms with van der Waals surface area (Å²) in [6.07, 6.45) is 0.912. The molecule has 3 nitrogen and oxygen atoms in total. The summed E-state index contributed by atoms with van der Waals surface area (Å²) < 4.78 is 0. The van der Waals surface area contributed by atoms with E-state index in [1.807, 2.05) is 43.3 Å². The molecule has 0 fully saturated rings. The van der Waals surface area contributed by atoms with Crippen LogP contribution in [-0.2, 0) is 6.42 Å². The molecule has 0 aliphatic rings. The molecule has 0 spiro atoms. The van der Waals surface area contributed by atoms with Gasteiger partial charge in [-0.05, 0) is 42.7 Å². The van der Waals surface area contributed by atoms with Gasteiger partial charge in [0, 0.05) is 0 Å². The third kappa shape index (κ3) is 2.74. The van der Waals surface area contributed by atoms with Gasteiger partial charge in [0.1, 0.15) is 11.4 Å². The number of hydrogen-bond donors (Lipinski definition) is 1. The van der Waals surface area contributed by atoms with Gasteiger partial charge >= 0.3 is 0 Å². The molecule has 0 radical (unpaired) electrons. The maximum absolute atomic E-state index is 9.69. The normalized spacial score (nSPS) is 11.0. The van der Waals surface area contributed by atoms with Crippen LogP contribution in [-0.4, -0.2) is 5.11 Å². The van der Waals surface area contributed by atoms with E-state index in [4.69, 9.17) is 0 Å². The van der Waals surface area contributed by atoms with Crippen molar-refractivity contribution in [1.29, 1.82) is 0 Å². The molecule has 92 valence electrons. The lowest BCUT2D eigenvalue weighted by atomic mass is 10.1. The quantitative estimate of drug-likeness (QED) is 0.778. The molecule has 18 heavy (non-hydrogen) atoms. The van der Waals surface area contributed by atoms with Gasteiger partial charge in [-0.2, -0.15) is 5.11 Å². The summed E-state index contributed by atoms with van der Waals surface area (Å²) in [4.78, 5) is 0. The third-order valence-electron chi connectivity index (χ3n) is 2.77. The molecule has 0 unspecified atom stereocenters. The fraction of sp³-hybridized carbons (Fsp3) is 0.200. The highest BCUT2D eigenvalue weighted by atomic mass is 16.3. The van der Waals surface area contributed by atoms with E-state index in [9.17, 15) is 5.11 Å². The van der Waals surface area contributed by atoms with Crippen molar-refractivity contribution in [2.45, 2.75) is 20.3 Å². The van der Waals surface area contributed by atoms with E-state index in [0.29, 0.717) is 5.69 Å². The fourth-order valence-corrected chi connectivity index (χ4v) is 1.73. The summed E-state index contributed by atoms with van der Waals surface area (Å²) >= 11 is 0. The number of benzene rings is 2. The van der Waals surface area contributed by atoms with Crippen molar-refractivity contribution in [3.8, 4) is 5.75 Å². The van der Waals surface area contributed by atoms with Crippen LogP contribution in [0.1, 0.15) is 18.1 Å². The van der Waals surface area contributed by atoms with Crippen molar-refractivity contribution >= 4 is 11.4 Å². The van der Waals surface area contributed by atoms with Crippen molar-refractivity contribution in [3.05, 3.63) is 53.6 Å². The molecular formula is C15H16N2O. The Balaban J connectivity index is 2.33. The van der Waals surface area contributed by atoms with Crippen LogP contribution in [0.4, 0.5) is 11.4 Å². The summed E-state index contributed by atoms with van der Waals surface area (Å²) in [5.74, 6) is 0.151. The summed E-state index contributed by atoms with van der Waals surface area (Å²) in [7, 11) is 0. The molecule has 3 heteroatoms. The minimum absolute atomic E-state index is 0.151. The lowest BCUT2D eigenvalue weighted by Gasteiger charge is -2.02. The smallest absolute Gasteiger partial charge is 0.143 e. The van der Waals surface area contributed by atoms with E-state index in [-0.39, 0.29) is 5.75 Å². The van der Waals surface area contributed by atoms with E-state index in [1.165, 1.54) is 0 Å². The van der Waals surface area contributed by atoms with Gasteiger partial charge in [-0.1, -0.05) is 31.2 Å². The molecule has 2 rings (SSSR count). The van der Waals surface area contributed by atoms with E-state index in [2.05, 4.69) is 17.2 Å². The van der Waals surface area contributed by atoms with Crippen LogP contribution in [0.2, 0.25) is 0 Å². The lowest BCUT2D eigenvalue weighted by molar-refractivity contribution is 0.476. The molecule has 0 saturated carbocycles.